The standard InChI is InChI=1S/C20H22N2/c1-14-2-5-20-18(8-14)11-16(12-22-20)9-15-3-4-17-6-7-21-13-19(17)10-15/h3-4,6-7,10-14,18,20H,2,5,8-9H2,1H3. The lowest BCUT2D eigenvalue weighted by Crippen LogP contribution is -2.28. The van der Waals surface area contributed by atoms with Crippen LogP contribution in [0.15, 0.2) is 53.3 Å². The molecule has 0 amide bonds. The summed E-state index contributed by atoms with van der Waals surface area (Å²) in [5.74, 6) is 1.50. The van der Waals surface area contributed by atoms with Gasteiger partial charge in [-0.3, -0.25) is 9.98 Å². The summed E-state index contributed by atoms with van der Waals surface area (Å²) < 4.78 is 0. The lowest BCUT2D eigenvalue weighted by atomic mass is 9.77. The van der Waals surface area contributed by atoms with Gasteiger partial charge in [0.25, 0.3) is 0 Å². The Bertz CT molecular complexity index is 744. The predicted molar refractivity (Wildman–Crippen MR) is 92.3 cm³/mol. The summed E-state index contributed by atoms with van der Waals surface area (Å²) in [6.45, 7) is 2.37. The van der Waals surface area contributed by atoms with Crippen molar-refractivity contribution in [2.45, 2.75) is 38.6 Å². The first-order valence-electron chi connectivity index (χ1n) is 8.34. The van der Waals surface area contributed by atoms with E-state index >= 15 is 0 Å². The highest BCUT2D eigenvalue weighted by atomic mass is 14.8. The summed E-state index contributed by atoms with van der Waals surface area (Å²) >= 11 is 0. The van der Waals surface area contributed by atoms with Crippen LogP contribution in [-0.4, -0.2) is 17.2 Å². The highest BCUT2D eigenvalue weighted by molar-refractivity contribution is 5.84. The number of nitrogens with zero attached hydrogens (tertiary/aromatic N) is 2. The second kappa shape index (κ2) is 5.68. The Hall–Kier alpha value is -1.96. The van der Waals surface area contributed by atoms with E-state index in [2.05, 4.69) is 48.5 Å². The SMILES string of the molecule is CC1CCC2N=CC(Cc3ccc4ccncc4c3)=CC2C1. The summed E-state index contributed by atoms with van der Waals surface area (Å²) in [6, 6.07) is 9.28. The molecule has 0 radical (unpaired) electrons. The average molecular weight is 290 g/mol. The minimum Gasteiger partial charge on any atom is -0.289 e. The third-order valence-corrected chi connectivity index (χ3v) is 5.10. The van der Waals surface area contributed by atoms with Crippen LogP contribution in [0.1, 0.15) is 31.7 Å². The number of benzene rings is 1. The molecule has 2 heterocycles. The summed E-state index contributed by atoms with van der Waals surface area (Å²) in [7, 11) is 0. The number of dihydropyridines is 1. The Labute approximate surface area is 132 Å². The van der Waals surface area contributed by atoms with E-state index in [4.69, 9.17) is 4.99 Å². The molecule has 0 saturated heterocycles. The molecule has 1 aromatic carbocycles. The van der Waals surface area contributed by atoms with E-state index in [9.17, 15) is 0 Å². The van der Waals surface area contributed by atoms with Gasteiger partial charge in [0.15, 0.2) is 0 Å². The lowest BCUT2D eigenvalue weighted by molar-refractivity contribution is 0.286. The second-order valence-corrected chi connectivity index (χ2v) is 6.90. The van der Waals surface area contributed by atoms with Gasteiger partial charge in [0.05, 0.1) is 6.04 Å². The summed E-state index contributed by atoms with van der Waals surface area (Å²) in [5, 5.41) is 2.48. The highest BCUT2D eigenvalue weighted by Gasteiger charge is 2.28. The molecule has 3 unspecified atom stereocenters. The number of hydrogen-bond acceptors (Lipinski definition) is 2. The first-order chi connectivity index (χ1) is 10.8. The molecular weight excluding hydrogens is 268 g/mol. The van der Waals surface area contributed by atoms with Gasteiger partial charge < -0.3 is 0 Å². The van der Waals surface area contributed by atoms with Gasteiger partial charge in [-0.2, -0.15) is 0 Å². The van der Waals surface area contributed by atoms with Crippen molar-refractivity contribution in [3.8, 4) is 0 Å². The number of allylic oxidation sites excluding steroid dienone is 1. The van der Waals surface area contributed by atoms with Crippen LogP contribution in [0.3, 0.4) is 0 Å². The quantitative estimate of drug-likeness (QED) is 0.794. The Morgan fingerprint density at radius 1 is 1.14 bits per heavy atom. The van der Waals surface area contributed by atoms with Crippen LogP contribution >= 0.6 is 0 Å². The molecule has 2 aromatic rings. The van der Waals surface area contributed by atoms with E-state index < -0.39 is 0 Å². The van der Waals surface area contributed by atoms with Gasteiger partial charge in [0, 0.05) is 29.9 Å². The molecule has 2 heteroatoms. The number of pyridine rings is 1. The van der Waals surface area contributed by atoms with Gasteiger partial charge >= 0.3 is 0 Å². The van der Waals surface area contributed by atoms with Crippen molar-refractivity contribution in [3.05, 3.63) is 53.9 Å². The van der Waals surface area contributed by atoms with Crippen molar-refractivity contribution in [2.75, 3.05) is 0 Å². The van der Waals surface area contributed by atoms with Gasteiger partial charge in [-0.05, 0) is 60.3 Å². The van der Waals surface area contributed by atoms with Crippen LogP contribution in [0.2, 0.25) is 0 Å². The van der Waals surface area contributed by atoms with Gasteiger partial charge in [-0.1, -0.05) is 25.1 Å². The second-order valence-electron chi connectivity index (χ2n) is 6.90. The van der Waals surface area contributed by atoms with E-state index in [1.165, 1.54) is 41.2 Å². The molecule has 1 fully saturated rings. The molecule has 1 aliphatic heterocycles. The topological polar surface area (TPSA) is 25.2 Å². The van der Waals surface area contributed by atoms with Crippen LogP contribution in [0.25, 0.3) is 10.8 Å². The lowest BCUT2D eigenvalue weighted by Gasteiger charge is -2.33. The zero-order valence-corrected chi connectivity index (χ0v) is 13.1. The first kappa shape index (κ1) is 13.7. The number of hydrogen-bond donors (Lipinski definition) is 0. The Kier molecular flexibility index (Phi) is 3.53. The van der Waals surface area contributed by atoms with E-state index in [0.29, 0.717) is 12.0 Å². The summed E-state index contributed by atoms with van der Waals surface area (Å²) in [4.78, 5) is 9.04. The number of rotatable bonds is 2. The van der Waals surface area contributed by atoms with E-state index in [-0.39, 0.29) is 0 Å². The Balaban J connectivity index is 1.55. The van der Waals surface area contributed by atoms with Crippen molar-refractivity contribution in [1.29, 1.82) is 0 Å². The van der Waals surface area contributed by atoms with Gasteiger partial charge in [0.2, 0.25) is 0 Å². The van der Waals surface area contributed by atoms with Gasteiger partial charge in [0.1, 0.15) is 0 Å². The maximum atomic E-state index is 4.82. The smallest absolute Gasteiger partial charge is 0.0562 e. The van der Waals surface area contributed by atoms with Crippen LogP contribution in [0.4, 0.5) is 0 Å². The minimum atomic E-state index is 0.542. The zero-order valence-electron chi connectivity index (χ0n) is 13.1. The molecule has 0 N–H and O–H groups in total. The van der Waals surface area contributed by atoms with Crippen molar-refractivity contribution in [3.63, 3.8) is 0 Å². The van der Waals surface area contributed by atoms with Crippen LogP contribution in [0, 0.1) is 11.8 Å². The number of fused-ring (bicyclic) bond motifs is 2. The molecule has 1 aromatic heterocycles. The van der Waals surface area contributed by atoms with Gasteiger partial charge in [-0.25, -0.2) is 0 Å². The van der Waals surface area contributed by atoms with E-state index in [1.807, 2.05) is 12.4 Å². The minimum absolute atomic E-state index is 0.542. The maximum absolute atomic E-state index is 4.82. The molecule has 3 atom stereocenters. The molecule has 4 rings (SSSR count). The Morgan fingerprint density at radius 3 is 3.05 bits per heavy atom. The number of aliphatic imine (C=N–C) groups is 1. The summed E-state index contributed by atoms with van der Waals surface area (Å²) in [5.41, 5.74) is 2.72. The number of aromatic nitrogens is 1. The largest absolute Gasteiger partial charge is 0.289 e. The molecule has 2 aliphatic rings. The third-order valence-electron chi connectivity index (χ3n) is 5.10. The molecular formula is C20H22N2. The monoisotopic (exact) mass is 290 g/mol. The average Bonchev–Trinajstić information content (AvgIpc) is 2.54. The van der Waals surface area contributed by atoms with Crippen molar-refractivity contribution < 1.29 is 0 Å². The molecule has 22 heavy (non-hydrogen) atoms. The highest BCUT2D eigenvalue weighted by Crippen LogP contribution is 2.34. The molecule has 0 spiro atoms. The van der Waals surface area contributed by atoms with Crippen molar-refractivity contribution in [2.24, 2.45) is 16.8 Å². The third kappa shape index (κ3) is 2.70. The van der Waals surface area contributed by atoms with Crippen molar-refractivity contribution >= 4 is 17.0 Å². The van der Waals surface area contributed by atoms with E-state index in [0.717, 1.165) is 12.3 Å². The fourth-order valence-electron chi connectivity index (χ4n) is 3.87. The zero-order chi connectivity index (χ0) is 14.9. The normalized spacial score (nSPS) is 27.5. The van der Waals surface area contributed by atoms with Crippen molar-refractivity contribution in [1.82, 2.24) is 4.98 Å². The summed E-state index contributed by atoms with van der Waals surface area (Å²) in [6.07, 6.45) is 13.3. The molecule has 2 nitrogen and oxygen atoms in total. The molecule has 0 bridgehead atoms. The fourth-order valence-corrected chi connectivity index (χ4v) is 3.87. The van der Waals surface area contributed by atoms with Crippen LogP contribution in [-0.2, 0) is 6.42 Å². The molecule has 1 aliphatic carbocycles. The van der Waals surface area contributed by atoms with Crippen LogP contribution in [0.5, 0.6) is 0 Å². The van der Waals surface area contributed by atoms with E-state index in [1.54, 1.807) is 0 Å². The predicted octanol–water partition coefficient (Wildman–Crippen LogP) is 4.59. The fraction of sp³-hybridized carbons (Fsp3) is 0.400. The van der Waals surface area contributed by atoms with Gasteiger partial charge in [-0.15, -0.1) is 0 Å². The van der Waals surface area contributed by atoms with Crippen LogP contribution < -0.4 is 0 Å². The maximum Gasteiger partial charge on any atom is 0.0562 e. The Morgan fingerprint density at radius 2 is 2.09 bits per heavy atom. The molecule has 1 saturated carbocycles. The first-order valence-corrected chi connectivity index (χ1v) is 8.34. The molecule has 112 valence electrons.